The Balaban J connectivity index is 1.53. The first kappa shape index (κ1) is 28.2. The van der Waals surface area contributed by atoms with Gasteiger partial charge in [0, 0.05) is 35.8 Å². The van der Waals surface area contributed by atoms with E-state index in [0.29, 0.717) is 29.3 Å². The van der Waals surface area contributed by atoms with Crippen molar-refractivity contribution in [2.75, 3.05) is 0 Å². The summed E-state index contributed by atoms with van der Waals surface area (Å²) >= 11 is 6.26. The lowest BCUT2D eigenvalue weighted by atomic mass is 9.87. The maximum atomic E-state index is 13.0. The fourth-order valence-corrected chi connectivity index (χ4v) is 4.77. The maximum absolute atomic E-state index is 13.0. The predicted molar refractivity (Wildman–Crippen MR) is 156 cm³/mol. The lowest BCUT2D eigenvalue weighted by molar-refractivity contribution is -0.144. The molecule has 39 heavy (non-hydrogen) atoms. The van der Waals surface area contributed by atoms with Gasteiger partial charge in [0.1, 0.15) is 5.75 Å². The first-order chi connectivity index (χ1) is 18.3. The van der Waals surface area contributed by atoms with E-state index in [9.17, 15) is 14.7 Å². The summed E-state index contributed by atoms with van der Waals surface area (Å²) in [6, 6.07) is 19.5. The second-order valence-electron chi connectivity index (χ2n) is 11.0. The Hall–Kier alpha value is -3.77. The molecule has 0 bridgehead atoms. The highest BCUT2D eigenvalue weighted by Gasteiger charge is 2.18. The SMILES string of the molecule is Cc1c(Cc2ccc(Cl)c(O[C@H](C)C(=O)O)c2)c2ccc(C(=O)NCc3ccc(C(C)(C)C)cc3)cc2n1C. The number of nitrogens with one attached hydrogen (secondary N) is 1. The number of amides is 1. The van der Waals surface area contributed by atoms with Gasteiger partial charge in [-0.05, 0) is 72.2 Å². The van der Waals surface area contributed by atoms with Crippen LogP contribution in [-0.2, 0) is 30.2 Å². The normalized spacial score (nSPS) is 12.4. The zero-order valence-corrected chi connectivity index (χ0v) is 24.0. The molecule has 0 saturated carbocycles. The summed E-state index contributed by atoms with van der Waals surface area (Å²) in [6.07, 6.45) is -0.404. The van der Waals surface area contributed by atoms with Gasteiger partial charge in [0.25, 0.3) is 5.91 Å². The topological polar surface area (TPSA) is 80.6 Å². The third kappa shape index (κ3) is 6.28. The number of aliphatic carboxylic acids is 1. The monoisotopic (exact) mass is 546 g/mol. The largest absolute Gasteiger partial charge is 0.479 e. The van der Waals surface area contributed by atoms with Crippen LogP contribution in [-0.4, -0.2) is 27.7 Å². The highest BCUT2D eigenvalue weighted by molar-refractivity contribution is 6.32. The number of carbonyl (C=O) groups is 2. The Morgan fingerprint density at radius 3 is 2.33 bits per heavy atom. The molecule has 4 rings (SSSR count). The Kier molecular flexibility index (Phi) is 8.07. The van der Waals surface area contributed by atoms with Gasteiger partial charge in [-0.3, -0.25) is 4.79 Å². The first-order valence-corrected chi connectivity index (χ1v) is 13.4. The number of carboxylic acid groups (broad SMARTS) is 1. The number of hydrogen-bond acceptors (Lipinski definition) is 3. The van der Waals surface area contributed by atoms with E-state index in [1.807, 2.05) is 31.3 Å². The molecule has 1 aromatic heterocycles. The molecule has 1 heterocycles. The van der Waals surface area contributed by atoms with Crippen molar-refractivity contribution < 1.29 is 19.4 Å². The Labute approximate surface area is 234 Å². The lowest BCUT2D eigenvalue weighted by Crippen LogP contribution is -2.23. The number of rotatable bonds is 8. The summed E-state index contributed by atoms with van der Waals surface area (Å²) in [5.74, 6) is -0.835. The van der Waals surface area contributed by atoms with Crippen molar-refractivity contribution in [2.45, 2.75) is 59.1 Å². The Morgan fingerprint density at radius 1 is 1.03 bits per heavy atom. The van der Waals surface area contributed by atoms with E-state index in [-0.39, 0.29) is 11.3 Å². The summed E-state index contributed by atoms with van der Waals surface area (Å²) in [5, 5.41) is 13.6. The van der Waals surface area contributed by atoms with E-state index in [0.717, 1.165) is 33.3 Å². The first-order valence-electron chi connectivity index (χ1n) is 13.0. The Bertz CT molecular complexity index is 1530. The van der Waals surface area contributed by atoms with Crippen molar-refractivity contribution in [3.63, 3.8) is 0 Å². The number of carbonyl (C=O) groups excluding carboxylic acids is 1. The zero-order chi connectivity index (χ0) is 28.5. The average molecular weight is 547 g/mol. The molecule has 3 aromatic carbocycles. The van der Waals surface area contributed by atoms with Gasteiger partial charge in [-0.15, -0.1) is 0 Å². The number of nitrogens with zero attached hydrogens (tertiary/aromatic N) is 1. The van der Waals surface area contributed by atoms with Crippen LogP contribution in [0.2, 0.25) is 5.02 Å². The van der Waals surface area contributed by atoms with Crippen LogP contribution in [0.1, 0.15) is 66.0 Å². The minimum Gasteiger partial charge on any atom is -0.479 e. The Morgan fingerprint density at radius 2 is 1.69 bits per heavy atom. The molecule has 6 nitrogen and oxygen atoms in total. The van der Waals surface area contributed by atoms with Crippen molar-refractivity contribution in [1.82, 2.24) is 9.88 Å². The van der Waals surface area contributed by atoms with Crippen LogP contribution in [0.3, 0.4) is 0 Å². The highest BCUT2D eigenvalue weighted by atomic mass is 35.5. The van der Waals surface area contributed by atoms with Gasteiger partial charge in [0.15, 0.2) is 6.10 Å². The van der Waals surface area contributed by atoms with E-state index in [1.165, 1.54) is 12.5 Å². The van der Waals surface area contributed by atoms with Gasteiger partial charge in [0.2, 0.25) is 0 Å². The number of ether oxygens (including phenoxy) is 1. The zero-order valence-electron chi connectivity index (χ0n) is 23.3. The summed E-state index contributed by atoms with van der Waals surface area (Å²) in [5.41, 5.74) is 7.12. The molecule has 4 aromatic rings. The average Bonchev–Trinajstić information content (AvgIpc) is 3.13. The van der Waals surface area contributed by atoms with Gasteiger partial charge in [-0.25, -0.2) is 4.79 Å². The summed E-state index contributed by atoms with van der Waals surface area (Å²) < 4.78 is 7.63. The third-order valence-corrected chi connectivity index (χ3v) is 7.50. The second-order valence-corrected chi connectivity index (χ2v) is 11.4. The van der Waals surface area contributed by atoms with Crippen LogP contribution >= 0.6 is 11.6 Å². The van der Waals surface area contributed by atoms with Crippen molar-refractivity contribution in [1.29, 1.82) is 0 Å². The summed E-state index contributed by atoms with van der Waals surface area (Å²) in [7, 11) is 1.99. The van der Waals surface area contributed by atoms with E-state index < -0.39 is 12.1 Å². The van der Waals surface area contributed by atoms with Crippen LogP contribution in [0.4, 0.5) is 0 Å². The molecule has 0 radical (unpaired) electrons. The molecule has 1 amide bonds. The molecular weight excluding hydrogens is 512 g/mol. The molecule has 0 aliphatic heterocycles. The molecule has 0 unspecified atom stereocenters. The number of aromatic nitrogens is 1. The lowest BCUT2D eigenvalue weighted by Gasteiger charge is -2.19. The molecule has 0 fully saturated rings. The number of halogens is 1. The van der Waals surface area contributed by atoms with Gasteiger partial charge >= 0.3 is 5.97 Å². The van der Waals surface area contributed by atoms with E-state index in [4.69, 9.17) is 16.3 Å². The van der Waals surface area contributed by atoms with E-state index >= 15 is 0 Å². The molecule has 0 aliphatic rings. The molecule has 0 saturated heterocycles. The molecule has 2 N–H and O–H groups in total. The highest BCUT2D eigenvalue weighted by Crippen LogP contribution is 2.32. The fourth-order valence-electron chi connectivity index (χ4n) is 4.61. The van der Waals surface area contributed by atoms with E-state index in [2.05, 4.69) is 61.8 Å². The molecule has 0 aliphatic carbocycles. The molecule has 7 heteroatoms. The molecule has 1 atom stereocenters. The number of benzene rings is 3. The van der Waals surface area contributed by atoms with Crippen molar-refractivity contribution in [2.24, 2.45) is 7.05 Å². The van der Waals surface area contributed by atoms with Crippen LogP contribution in [0, 0.1) is 6.92 Å². The summed E-state index contributed by atoms with van der Waals surface area (Å²) in [4.78, 5) is 24.2. The van der Waals surface area contributed by atoms with E-state index in [1.54, 1.807) is 12.1 Å². The third-order valence-electron chi connectivity index (χ3n) is 7.19. The molecule has 0 spiro atoms. The number of hydrogen-bond donors (Lipinski definition) is 2. The molecule has 204 valence electrons. The fraction of sp³-hybridized carbons (Fsp3) is 0.312. The van der Waals surface area contributed by atoms with Crippen LogP contribution < -0.4 is 10.1 Å². The number of carboxylic acids is 1. The minimum atomic E-state index is -1.06. The quantitative estimate of drug-likeness (QED) is 0.254. The smallest absolute Gasteiger partial charge is 0.344 e. The van der Waals surface area contributed by atoms with Crippen LogP contribution in [0.5, 0.6) is 5.75 Å². The second kappa shape index (κ2) is 11.1. The molecular formula is C32H35ClN2O4. The van der Waals surface area contributed by atoms with Gasteiger partial charge < -0.3 is 19.7 Å². The van der Waals surface area contributed by atoms with Crippen molar-refractivity contribution in [3.8, 4) is 5.75 Å². The van der Waals surface area contributed by atoms with Crippen LogP contribution in [0.25, 0.3) is 10.9 Å². The maximum Gasteiger partial charge on any atom is 0.344 e. The van der Waals surface area contributed by atoms with Crippen LogP contribution in [0.15, 0.2) is 60.7 Å². The van der Waals surface area contributed by atoms with Crippen molar-refractivity contribution >= 4 is 34.4 Å². The van der Waals surface area contributed by atoms with Gasteiger partial charge in [-0.2, -0.15) is 0 Å². The summed E-state index contributed by atoms with van der Waals surface area (Å²) in [6.45, 7) is 10.5. The number of fused-ring (bicyclic) bond motifs is 1. The number of aryl methyl sites for hydroxylation is 1. The standard InChI is InChI=1S/C32H35ClN2O4/c1-19-26(15-22-9-14-27(33)29(16-22)39-20(2)31(37)38)25-13-10-23(17-28(25)35(19)6)30(36)34-18-21-7-11-24(12-8-21)32(3,4)5/h7-14,16-17,20H,15,18H2,1-6H3,(H,34,36)(H,37,38)/t20-/m1/s1. The van der Waals surface area contributed by atoms with Gasteiger partial charge in [-0.1, -0.05) is 68.8 Å². The van der Waals surface area contributed by atoms with Crippen molar-refractivity contribution in [3.05, 3.63) is 99.2 Å². The predicted octanol–water partition coefficient (Wildman–Crippen LogP) is 6.81. The minimum absolute atomic E-state index is 0.0891. The van der Waals surface area contributed by atoms with Gasteiger partial charge in [0.05, 0.1) is 5.02 Å².